The number of methoxy groups -OCH3 is 1. The molecule has 5 nitrogen and oxygen atoms in total. The third-order valence-electron chi connectivity index (χ3n) is 7.88. The Morgan fingerprint density at radius 1 is 1.15 bits per heavy atom. The normalized spacial score (nSPS) is 36.6. The van der Waals surface area contributed by atoms with Crippen molar-refractivity contribution in [3.8, 4) is 0 Å². The highest BCUT2D eigenvalue weighted by atomic mass is 16.5. The van der Waals surface area contributed by atoms with Crippen LogP contribution in [0.2, 0.25) is 0 Å². The van der Waals surface area contributed by atoms with Crippen LogP contribution in [-0.4, -0.2) is 43.1 Å². The van der Waals surface area contributed by atoms with Crippen LogP contribution in [0.15, 0.2) is 30.3 Å². The number of amides is 2. The van der Waals surface area contributed by atoms with Crippen molar-refractivity contribution in [1.82, 2.24) is 10.2 Å². The van der Waals surface area contributed by atoms with Gasteiger partial charge < -0.3 is 15.0 Å². The number of nitrogens with one attached hydrogen (secondary N) is 1. The molecule has 5 fully saturated rings. The molecule has 4 unspecified atom stereocenters. The highest BCUT2D eigenvalue weighted by Crippen LogP contribution is 2.68. The molecule has 27 heavy (non-hydrogen) atoms. The summed E-state index contributed by atoms with van der Waals surface area (Å²) < 4.78 is 4.65. The molecule has 6 rings (SSSR count). The van der Waals surface area contributed by atoms with Crippen LogP contribution in [0.5, 0.6) is 0 Å². The van der Waals surface area contributed by atoms with E-state index >= 15 is 0 Å². The van der Waals surface area contributed by atoms with Crippen molar-refractivity contribution >= 4 is 12.0 Å². The zero-order valence-corrected chi connectivity index (χ0v) is 15.9. The van der Waals surface area contributed by atoms with Crippen molar-refractivity contribution in [3.05, 3.63) is 35.9 Å². The largest absolute Gasteiger partial charge is 0.453 e. The lowest BCUT2D eigenvalue weighted by molar-refractivity contribution is -0.138. The second-order valence-corrected chi connectivity index (χ2v) is 9.09. The summed E-state index contributed by atoms with van der Waals surface area (Å²) in [6.45, 7) is 1.19. The van der Waals surface area contributed by atoms with Crippen LogP contribution < -0.4 is 5.32 Å². The molecule has 1 N–H and O–H groups in total. The highest BCUT2D eigenvalue weighted by Gasteiger charge is 2.63. The molecule has 4 saturated carbocycles. The lowest BCUT2D eigenvalue weighted by Gasteiger charge is -2.47. The number of benzene rings is 1. The minimum Gasteiger partial charge on any atom is -0.453 e. The molecule has 0 spiro atoms. The van der Waals surface area contributed by atoms with E-state index in [9.17, 15) is 9.59 Å². The van der Waals surface area contributed by atoms with Crippen molar-refractivity contribution < 1.29 is 14.3 Å². The van der Waals surface area contributed by atoms with Crippen LogP contribution in [0.3, 0.4) is 0 Å². The summed E-state index contributed by atoms with van der Waals surface area (Å²) in [6, 6.07) is 10.8. The van der Waals surface area contributed by atoms with Crippen molar-refractivity contribution in [3.63, 3.8) is 0 Å². The monoisotopic (exact) mass is 368 g/mol. The van der Waals surface area contributed by atoms with Gasteiger partial charge in [-0.2, -0.15) is 0 Å². The molecule has 5 heteroatoms. The van der Waals surface area contributed by atoms with Crippen LogP contribution in [0.4, 0.5) is 4.79 Å². The summed E-state index contributed by atoms with van der Waals surface area (Å²) in [5, 5.41) is 2.78. The third-order valence-corrected chi connectivity index (χ3v) is 7.88. The highest BCUT2D eigenvalue weighted by molar-refractivity contribution is 5.79. The first-order valence-corrected chi connectivity index (χ1v) is 10.3. The van der Waals surface area contributed by atoms with Crippen molar-refractivity contribution in [2.45, 2.75) is 43.6 Å². The number of carbonyl (C=O) groups excluding carboxylic acids is 2. The van der Waals surface area contributed by atoms with E-state index in [-0.39, 0.29) is 17.4 Å². The fraction of sp³-hybridized carbons (Fsp3) is 0.636. The van der Waals surface area contributed by atoms with E-state index in [4.69, 9.17) is 0 Å². The van der Waals surface area contributed by atoms with Crippen molar-refractivity contribution in [2.75, 3.05) is 20.2 Å². The Kier molecular flexibility index (Phi) is 3.95. The molecule has 4 aliphatic carbocycles. The van der Waals surface area contributed by atoms with E-state index in [0.29, 0.717) is 31.3 Å². The lowest BCUT2D eigenvalue weighted by Crippen LogP contribution is -2.62. The average Bonchev–Trinajstić information content (AvgIpc) is 3.05. The topological polar surface area (TPSA) is 58.6 Å². The Morgan fingerprint density at radius 2 is 1.93 bits per heavy atom. The van der Waals surface area contributed by atoms with Gasteiger partial charge in [0.05, 0.1) is 13.2 Å². The summed E-state index contributed by atoms with van der Waals surface area (Å²) in [7, 11) is 1.37. The number of ether oxygens (including phenoxy) is 1. The van der Waals surface area contributed by atoms with Crippen LogP contribution in [0, 0.1) is 23.7 Å². The number of likely N-dealkylation sites (tertiary alicyclic amines) is 1. The average molecular weight is 368 g/mol. The van der Waals surface area contributed by atoms with E-state index in [2.05, 4.69) is 40.4 Å². The SMILES string of the molecule is COC(=O)NC1CN(C(=O)CC2(c3ccccc3)C3CC4CC(C3)[C@@H]2C4)C1. The van der Waals surface area contributed by atoms with Gasteiger partial charge in [0.15, 0.2) is 0 Å². The quantitative estimate of drug-likeness (QED) is 0.889. The summed E-state index contributed by atoms with van der Waals surface area (Å²) in [5.74, 6) is 3.27. The van der Waals surface area contributed by atoms with E-state index in [0.717, 1.165) is 11.8 Å². The predicted molar refractivity (Wildman–Crippen MR) is 101 cm³/mol. The minimum absolute atomic E-state index is 0.0185. The van der Waals surface area contributed by atoms with Crippen LogP contribution in [0.1, 0.15) is 37.7 Å². The van der Waals surface area contributed by atoms with Gasteiger partial charge >= 0.3 is 6.09 Å². The first kappa shape index (κ1) is 17.1. The fourth-order valence-corrected chi connectivity index (χ4v) is 6.85. The van der Waals surface area contributed by atoms with Crippen molar-refractivity contribution in [2.24, 2.45) is 23.7 Å². The standard InChI is InChI=1S/C22H28N2O3/c1-27-21(26)23-18-12-24(13-18)20(25)11-22(16-5-3-2-4-6-16)17-8-14-7-15(10-17)19(22)9-14/h2-6,14-15,17-19H,7-13H2,1H3,(H,23,26)/t14?,15?,17?,19-,22?/m0/s1. The number of alkyl carbamates (subject to hydrolysis) is 1. The van der Waals surface area contributed by atoms with Crippen LogP contribution >= 0.6 is 0 Å². The smallest absolute Gasteiger partial charge is 0.407 e. The van der Waals surface area contributed by atoms with E-state index in [1.54, 1.807) is 0 Å². The van der Waals surface area contributed by atoms with Crippen LogP contribution in [0.25, 0.3) is 0 Å². The van der Waals surface area contributed by atoms with Gasteiger partial charge in [0, 0.05) is 24.9 Å². The molecule has 144 valence electrons. The molecule has 1 aromatic rings. The second-order valence-electron chi connectivity index (χ2n) is 9.09. The van der Waals surface area contributed by atoms with Crippen LogP contribution in [-0.2, 0) is 14.9 Å². The van der Waals surface area contributed by atoms with Crippen molar-refractivity contribution in [1.29, 1.82) is 0 Å². The minimum atomic E-state index is -0.419. The molecule has 1 saturated heterocycles. The van der Waals surface area contributed by atoms with Gasteiger partial charge in [-0.15, -0.1) is 0 Å². The maximum absolute atomic E-state index is 13.2. The molecule has 5 atom stereocenters. The molecule has 1 aliphatic heterocycles. The van der Waals surface area contributed by atoms with E-state index in [1.807, 2.05) is 4.90 Å². The maximum Gasteiger partial charge on any atom is 0.407 e. The van der Waals surface area contributed by atoms with Gasteiger partial charge in [-0.3, -0.25) is 4.79 Å². The molecule has 1 aromatic carbocycles. The zero-order valence-electron chi connectivity index (χ0n) is 15.9. The Bertz CT molecular complexity index is 741. The molecular formula is C22H28N2O3. The van der Waals surface area contributed by atoms with E-state index in [1.165, 1.54) is 38.4 Å². The summed E-state index contributed by atoms with van der Waals surface area (Å²) in [4.78, 5) is 26.4. The first-order chi connectivity index (χ1) is 13.1. The second kappa shape index (κ2) is 6.25. The van der Waals surface area contributed by atoms with Gasteiger partial charge in [0.1, 0.15) is 0 Å². The molecule has 5 aliphatic rings. The van der Waals surface area contributed by atoms with Gasteiger partial charge in [-0.1, -0.05) is 30.3 Å². The fourth-order valence-electron chi connectivity index (χ4n) is 6.85. The first-order valence-electron chi connectivity index (χ1n) is 10.3. The molecule has 4 bridgehead atoms. The molecule has 0 aromatic heterocycles. The summed E-state index contributed by atoms with van der Waals surface area (Å²) in [6.07, 6.45) is 5.48. The summed E-state index contributed by atoms with van der Waals surface area (Å²) >= 11 is 0. The molecule has 1 heterocycles. The predicted octanol–water partition coefficient (Wildman–Crippen LogP) is 2.95. The number of hydrogen-bond donors (Lipinski definition) is 1. The number of carbonyl (C=O) groups is 2. The zero-order chi connectivity index (χ0) is 18.6. The Labute approximate surface area is 160 Å². The maximum atomic E-state index is 13.2. The number of nitrogens with zero attached hydrogens (tertiary/aromatic N) is 1. The molecule has 2 amide bonds. The molecular weight excluding hydrogens is 340 g/mol. The Balaban J connectivity index is 1.35. The van der Waals surface area contributed by atoms with Gasteiger partial charge in [-0.05, 0) is 54.9 Å². The van der Waals surface area contributed by atoms with Gasteiger partial charge in [0.25, 0.3) is 0 Å². The number of hydrogen-bond acceptors (Lipinski definition) is 3. The summed E-state index contributed by atoms with van der Waals surface area (Å²) in [5.41, 5.74) is 1.40. The van der Waals surface area contributed by atoms with Gasteiger partial charge in [-0.25, -0.2) is 4.79 Å². The lowest BCUT2D eigenvalue weighted by atomic mass is 9.59. The third kappa shape index (κ3) is 2.58. The Hall–Kier alpha value is -2.04. The van der Waals surface area contributed by atoms with Gasteiger partial charge in [0.2, 0.25) is 5.91 Å². The van der Waals surface area contributed by atoms with E-state index < -0.39 is 6.09 Å². The number of rotatable bonds is 4. The molecule has 0 radical (unpaired) electrons. The Morgan fingerprint density at radius 3 is 2.63 bits per heavy atom.